The number of hydrogen-bond donors (Lipinski definition) is 1. The van der Waals surface area contributed by atoms with Gasteiger partial charge in [0.05, 0.1) is 16.3 Å². The van der Waals surface area contributed by atoms with Crippen molar-refractivity contribution in [3.63, 3.8) is 0 Å². The van der Waals surface area contributed by atoms with Crippen molar-refractivity contribution in [2.24, 2.45) is 0 Å². The van der Waals surface area contributed by atoms with Gasteiger partial charge in [0, 0.05) is 23.0 Å². The third kappa shape index (κ3) is 3.32. The topological polar surface area (TPSA) is 56.4 Å². The van der Waals surface area contributed by atoms with Gasteiger partial charge in [-0.25, -0.2) is 9.69 Å². The van der Waals surface area contributed by atoms with Gasteiger partial charge in [0.15, 0.2) is 0 Å². The Labute approximate surface area is 209 Å². The van der Waals surface area contributed by atoms with E-state index in [2.05, 4.69) is 4.98 Å². The molecule has 1 saturated heterocycles. The first-order valence-electron chi connectivity index (χ1n) is 11.3. The number of amides is 3. The largest absolute Gasteiger partial charge is 0.416 e. The van der Waals surface area contributed by atoms with Crippen molar-refractivity contribution in [3.8, 4) is 0 Å². The van der Waals surface area contributed by atoms with E-state index in [-0.39, 0.29) is 17.1 Å². The molecule has 1 fully saturated rings. The van der Waals surface area contributed by atoms with Crippen molar-refractivity contribution >= 4 is 40.1 Å². The van der Waals surface area contributed by atoms with Crippen LogP contribution in [0.5, 0.6) is 0 Å². The van der Waals surface area contributed by atoms with Crippen LogP contribution in [0.4, 0.5) is 23.7 Å². The summed E-state index contributed by atoms with van der Waals surface area (Å²) in [5.74, 6) is -0.602. The van der Waals surface area contributed by atoms with Gasteiger partial charge in [-0.2, -0.15) is 13.2 Å². The van der Waals surface area contributed by atoms with Gasteiger partial charge < -0.3 is 4.98 Å². The van der Waals surface area contributed by atoms with Crippen LogP contribution in [0.2, 0.25) is 5.02 Å². The number of carbonyl (C=O) groups excluding carboxylic acids is 2. The number of carbonyl (C=O) groups is 2. The highest BCUT2D eigenvalue weighted by molar-refractivity contribution is 6.36. The van der Waals surface area contributed by atoms with E-state index >= 15 is 0 Å². The van der Waals surface area contributed by atoms with E-state index in [9.17, 15) is 22.8 Å². The summed E-state index contributed by atoms with van der Waals surface area (Å²) in [7, 11) is 0. The maximum Gasteiger partial charge on any atom is 0.416 e. The quantitative estimate of drug-likeness (QED) is 0.308. The lowest BCUT2D eigenvalue weighted by atomic mass is 9.88. The Morgan fingerprint density at radius 2 is 1.78 bits per heavy atom. The maximum atomic E-state index is 13.8. The van der Waals surface area contributed by atoms with E-state index in [0.29, 0.717) is 0 Å². The average Bonchev–Trinajstić information content (AvgIpc) is 3.32. The molecule has 0 spiro atoms. The fraction of sp³-hybridized carbons (Fsp3) is 0.185. The number of nitrogens with zero attached hydrogens (tertiary/aromatic N) is 2. The summed E-state index contributed by atoms with van der Waals surface area (Å²) >= 11 is 6.24. The first kappa shape index (κ1) is 22.7. The summed E-state index contributed by atoms with van der Waals surface area (Å²) in [6.07, 6.45) is -4.42. The lowest BCUT2D eigenvalue weighted by Crippen LogP contribution is -2.44. The van der Waals surface area contributed by atoms with Crippen LogP contribution >= 0.6 is 11.6 Å². The second-order valence-corrected chi connectivity index (χ2v) is 9.53. The van der Waals surface area contributed by atoms with Gasteiger partial charge in [0.1, 0.15) is 12.1 Å². The number of hydrogen-bond acceptors (Lipinski definition) is 2. The molecule has 1 unspecified atom stereocenters. The molecule has 36 heavy (non-hydrogen) atoms. The van der Waals surface area contributed by atoms with Gasteiger partial charge >= 0.3 is 12.2 Å². The summed E-state index contributed by atoms with van der Waals surface area (Å²) in [6.45, 7) is 1.93. The third-order valence-electron chi connectivity index (χ3n) is 6.92. The Morgan fingerprint density at radius 3 is 2.53 bits per heavy atom. The molecule has 0 bridgehead atoms. The van der Waals surface area contributed by atoms with Crippen LogP contribution in [0.1, 0.15) is 34.0 Å². The number of aryl methyl sites for hydroxylation is 1. The highest BCUT2D eigenvalue weighted by Gasteiger charge is 2.53. The van der Waals surface area contributed by atoms with Crippen molar-refractivity contribution in [2.75, 3.05) is 4.90 Å². The van der Waals surface area contributed by atoms with Crippen LogP contribution in [0.25, 0.3) is 10.9 Å². The molecule has 2 aliphatic rings. The van der Waals surface area contributed by atoms with E-state index in [4.69, 9.17) is 11.6 Å². The zero-order valence-corrected chi connectivity index (χ0v) is 19.7. The van der Waals surface area contributed by atoms with Gasteiger partial charge in [0.2, 0.25) is 0 Å². The summed E-state index contributed by atoms with van der Waals surface area (Å²) in [6, 6.07) is 15.8. The van der Waals surface area contributed by atoms with Crippen LogP contribution in [-0.4, -0.2) is 27.9 Å². The lowest BCUT2D eigenvalue weighted by molar-refractivity contribution is -0.137. The smallest absolute Gasteiger partial charge is 0.356 e. The van der Waals surface area contributed by atoms with Crippen molar-refractivity contribution in [3.05, 3.63) is 99.7 Å². The van der Waals surface area contributed by atoms with Crippen LogP contribution in [0.3, 0.4) is 0 Å². The number of imide groups is 1. The number of benzene rings is 3. The van der Waals surface area contributed by atoms with Gasteiger partial charge in [0.25, 0.3) is 5.91 Å². The summed E-state index contributed by atoms with van der Waals surface area (Å²) in [5, 5.41) is 0.834. The van der Waals surface area contributed by atoms with E-state index in [0.717, 1.165) is 56.4 Å². The molecule has 2 aliphatic heterocycles. The number of H-pyrrole nitrogens is 1. The minimum Gasteiger partial charge on any atom is -0.356 e. The SMILES string of the molecule is Cc1cccc(C2c3[nH]c4ccccc4c3C[C@H]3C(=O)N(c4cc(C(F)(F)F)ccc4Cl)C(=O)N23)c1. The van der Waals surface area contributed by atoms with Crippen LogP contribution in [0, 0.1) is 6.92 Å². The number of nitrogens with one attached hydrogen (secondary N) is 1. The Hall–Kier alpha value is -3.78. The molecule has 5 nitrogen and oxygen atoms in total. The zero-order chi connectivity index (χ0) is 25.4. The molecule has 9 heteroatoms. The molecule has 1 N–H and O–H groups in total. The first-order chi connectivity index (χ1) is 17.1. The maximum absolute atomic E-state index is 13.8. The Bertz CT molecular complexity index is 1560. The lowest BCUT2D eigenvalue weighted by Gasteiger charge is -2.36. The van der Waals surface area contributed by atoms with Gasteiger partial charge in [-0.15, -0.1) is 0 Å². The number of fused-ring (bicyclic) bond motifs is 4. The second kappa shape index (κ2) is 7.86. The second-order valence-electron chi connectivity index (χ2n) is 9.13. The minimum absolute atomic E-state index is 0.111. The highest BCUT2D eigenvalue weighted by atomic mass is 35.5. The standard InChI is InChI=1S/C27H19ClF3N3O2/c1-14-5-4-6-15(11-14)24-23-18(17-7-2-3-8-20(17)32-23)13-22-25(35)34(26(36)33(22)24)21-12-16(27(29,30)31)9-10-19(21)28/h2-12,22,24,32H,13H2,1H3/t22-,24?/m0/s1. The zero-order valence-electron chi connectivity index (χ0n) is 18.9. The molecular weight excluding hydrogens is 491 g/mol. The van der Waals surface area contributed by atoms with Crippen molar-refractivity contribution in [1.82, 2.24) is 9.88 Å². The summed E-state index contributed by atoms with van der Waals surface area (Å²) in [5.41, 5.74) is 3.10. The van der Waals surface area contributed by atoms with Crippen molar-refractivity contribution in [2.45, 2.75) is 31.6 Å². The van der Waals surface area contributed by atoms with Crippen LogP contribution in [0.15, 0.2) is 66.7 Å². The molecule has 2 atom stereocenters. The number of rotatable bonds is 2. The Balaban J connectivity index is 1.54. The third-order valence-corrected chi connectivity index (χ3v) is 7.24. The minimum atomic E-state index is -4.65. The van der Waals surface area contributed by atoms with Gasteiger partial charge in [-0.1, -0.05) is 59.6 Å². The van der Waals surface area contributed by atoms with E-state index in [1.54, 1.807) is 0 Å². The fourth-order valence-electron chi connectivity index (χ4n) is 5.34. The molecule has 3 aromatic carbocycles. The normalized spacial score (nSPS) is 19.7. The van der Waals surface area contributed by atoms with Crippen molar-refractivity contribution < 1.29 is 22.8 Å². The molecule has 0 saturated carbocycles. The Morgan fingerprint density at radius 1 is 1.00 bits per heavy atom. The van der Waals surface area contributed by atoms with Gasteiger partial charge in [-0.3, -0.25) is 9.69 Å². The molecule has 3 heterocycles. The predicted molar refractivity (Wildman–Crippen MR) is 130 cm³/mol. The summed E-state index contributed by atoms with van der Waals surface area (Å²) < 4.78 is 40.3. The number of urea groups is 1. The van der Waals surface area contributed by atoms with Crippen LogP contribution in [-0.2, 0) is 17.4 Å². The van der Waals surface area contributed by atoms with Crippen LogP contribution < -0.4 is 4.90 Å². The molecule has 182 valence electrons. The number of anilines is 1. The summed E-state index contributed by atoms with van der Waals surface area (Å²) in [4.78, 5) is 33.2. The number of aromatic nitrogens is 1. The average molecular weight is 510 g/mol. The molecule has 1 aromatic heterocycles. The number of halogens is 4. The highest BCUT2D eigenvalue weighted by Crippen LogP contribution is 2.46. The molecule has 4 aromatic rings. The van der Waals surface area contributed by atoms with E-state index < -0.39 is 35.8 Å². The van der Waals surface area contributed by atoms with E-state index in [1.165, 1.54) is 4.90 Å². The molecular formula is C27H19ClF3N3O2. The number of aromatic amines is 1. The molecule has 3 amide bonds. The first-order valence-corrected chi connectivity index (χ1v) is 11.7. The monoisotopic (exact) mass is 509 g/mol. The van der Waals surface area contributed by atoms with E-state index in [1.807, 2.05) is 55.5 Å². The molecule has 6 rings (SSSR count). The Kier molecular flexibility index (Phi) is 4.95. The predicted octanol–water partition coefficient (Wildman–Crippen LogP) is 6.63. The molecule has 0 aliphatic carbocycles. The molecule has 0 radical (unpaired) electrons. The van der Waals surface area contributed by atoms with Crippen molar-refractivity contribution in [1.29, 1.82) is 0 Å². The fourth-order valence-corrected chi connectivity index (χ4v) is 5.55. The van der Waals surface area contributed by atoms with Gasteiger partial charge in [-0.05, 0) is 42.3 Å². The number of para-hydroxylation sites is 1. The number of alkyl halides is 3.